The molecular formula is C15H20N4OS2. The minimum atomic E-state index is -0.733. The number of nitrogens with one attached hydrogen (secondary N) is 2. The van der Waals surface area contributed by atoms with Gasteiger partial charge in [0.1, 0.15) is 10.9 Å². The van der Waals surface area contributed by atoms with Crippen LogP contribution in [-0.2, 0) is 6.42 Å². The molecule has 0 aliphatic rings. The van der Waals surface area contributed by atoms with Gasteiger partial charge in [-0.05, 0) is 25.7 Å². The molecule has 0 saturated heterocycles. The van der Waals surface area contributed by atoms with Gasteiger partial charge in [0, 0.05) is 11.4 Å². The van der Waals surface area contributed by atoms with Crippen LogP contribution in [0.5, 0.6) is 0 Å². The highest BCUT2D eigenvalue weighted by molar-refractivity contribution is 8.05. The summed E-state index contributed by atoms with van der Waals surface area (Å²) in [6.07, 6.45) is 2.52. The number of nitriles is 1. The molecule has 0 fully saturated rings. The van der Waals surface area contributed by atoms with Gasteiger partial charge in [-0.3, -0.25) is 4.79 Å². The molecule has 0 radical (unpaired) electrons. The predicted octanol–water partition coefficient (Wildman–Crippen LogP) is 3.54. The van der Waals surface area contributed by atoms with Gasteiger partial charge in [0.15, 0.2) is 5.13 Å². The molecule has 1 rings (SSSR count). The van der Waals surface area contributed by atoms with Crippen molar-refractivity contribution in [2.45, 2.75) is 33.2 Å². The summed E-state index contributed by atoms with van der Waals surface area (Å²) in [5.74, 6) is -0.285. The Bertz CT molecular complexity index is 601. The number of carbonyl (C=O) groups excluding carboxylic acids is 1. The van der Waals surface area contributed by atoms with Crippen LogP contribution in [-0.4, -0.2) is 23.5 Å². The molecule has 1 aromatic heterocycles. The van der Waals surface area contributed by atoms with E-state index in [1.54, 1.807) is 0 Å². The number of thioether (sulfide) groups is 1. The molecular weight excluding hydrogens is 316 g/mol. The van der Waals surface area contributed by atoms with Crippen molar-refractivity contribution in [2.75, 3.05) is 11.9 Å². The van der Waals surface area contributed by atoms with Crippen LogP contribution in [0.1, 0.15) is 36.1 Å². The Hall–Kier alpha value is -1.78. The van der Waals surface area contributed by atoms with Crippen molar-refractivity contribution in [1.29, 1.82) is 5.26 Å². The molecule has 0 aliphatic carbocycles. The fraction of sp³-hybridized carbons (Fsp3) is 0.400. The average molecular weight is 336 g/mol. The van der Waals surface area contributed by atoms with Crippen molar-refractivity contribution in [2.24, 2.45) is 0 Å². The molecule has 0 aliphatic heterocycles. The highest BCUT2D eigenvalue weighted by atomic mass is 32.2. The number of thiazole rings is 1. The molecule has 0 bridgehead atoms. The van der Waals surface area contributed by atoms with Gasteiger partial charge in [-0.15, -0.1) is 11.8 Å². The molecule has 2 N–H and O–H groups in total. The quantitative estimate of drug-likeness (QED) is 0.759. The molecule has 118 valence electrons. The Morgan fingerprint density at radius 2 is 2.32 bits per heavy atom. The standard InChI is InChI=1S/C15H20N4OS2/c1-5-8-21-10(4)12(9-16)18-14(20)13-11(6-2)19-15(22-13)17-7-3/h5,8,12H,4,6-7H2,1-3H3,(H,17,19)(H,18,20)/b8-5-. The van der Waals surface area contributed by atoms with Gasteiger partial charge in [-0.2, -0.15) is 5.26 Å². The van der Waals surface area contributed by atoms with Gasteiger partial charge >= 0.3 is 0 Å². The minimum absolute atomic E-state index is 0.285. The number of amides is 1. The molecule has 22 heavy (non-hydrogen) atoms. The molecule has 0 aromatic carbocycles. The van der Waals surface area contributed by atoms with Crippen molar-refractivity contribution in [3.05, 3.63) is 33.5 Å². The maximum Gasteiger partial charge on any atom is 0.264 e. The van der Waals surface area contributed by atoms with Crippen LogP contribution in [0.25, 0.3) is 0 Å². The van der Waals surface area contributed by atoms with E-state index in [-0.39, 0.29) is 5.91 Å². The number of rotatable bonds is 8. The smallest absolute Gasteiger partial charge is 0.264 e. The van der Waals surface area contributed by atoms with E-state index in [0.717, 1.165) is 17.4 Å². The summed E-state index contributed by atoms with van der Waals surface area (Å²) in [6.45, 7) is 10.4. The molecule has 1 aromatic rings. The van der Waals surface area contributed by atoms with Crippen molar-refractivity contribution in [3.63, 3.8) is 0 Å². The number of hydrogen-bond acceptors (Lipinski definition) is 6. The van der Waals surface area contributed by atoms with Crippen LogP contribution in [0.15, 0.2) is 23.0 Å². The first kappa shape index (κ1) is 18.3. The van der Waals surface area contributed by atoms with Gasteiger partial charge in [0.2, 0.25) is 0 Å². The van der Waals surface area contributed by atoms with Crippen molar-refractivity contribution < 1.29 is 4.79 Å². The lowest BCUT2D eigenvalue weighted by Gasteiger charge is -2.12. The third-order valence-corrected chi connectivity index (χ3v) is 4.65. The van der Waals surface area contributed by atoms with Gasteiger partial charge in [-0.25, -0.2) is 4.98 Å². The Balaban J connectivity index is 2.86. The van der Waals surface area contributed by atoms with Gasteiger partial charge in [0.25, 0.3) is 5.91 Å². The lowest BCUT2D eigenvalue weighted by molar-refractivity contribution is 0.0953. The van der Waals surface area contributed by atoms with E-state index in [1.807, 2.05) is 32.3 Å². The zero-order valence-electron chi connectivity index (χ0n) is 13.0. The zero-order valence-corrected chi connectivity index (χ0v) is 14.6. The van der Waals surface area contributed by atoms with Gasteiger partial charge < -0.3 is 10.6 Å². The Morgan fingerprint density at radius 3 is 2.86 bits per heavy atom. The summed E-state index contributed by atoms with van der Waals surface area (Å²) in [5, 5.41) is 17.6. The van der Waals surface area contributed by atoms with Gasteiger partial charge in [-0.1, -0.05) is 30.9 Å². The SMILES string of the molecule is C=C(S/C=C\C)C(C#N)NC(=O)c1sc(NCC)nc1CC. The maximum absolute atomic E-state index is 12.4. The molecule has 5 nitrogen and oxygen atoms in total. The number of nitrogens with zero attached hydrogens (tertiary/aromatic N) is 2. The highest BCUT2D eigenvalue weighted by Crippen LogP contribution is 2.24. The van der Waals surface area contributed by atoms with Crippen LogP contribution in [0.2, 0.25) is 0 Å². The summed E-state index contributed by atoms with van der Waals surface area (Å²) < 4.78 is 0. The fourth-order valence-electron chi connectivity index (χ4n) is 1.60. The third kappa shape index (κ3) is 4.90. The summed E-state index contributed by atoms with van der Waals surface area (Å²) >= 11 is 2.64. The number of aryl methyl sites for hydroxylation is 1. The zero-order chi connectivity index (χ0) is 16.5. The number of carbonyl (C=O) groups is 1. The molecule has 1 atom stereocenters. The van der Waals surface area contributed by atoms with E-state index < -0.39 is 6.04 Å². The number of anilines is 1. The molecule has 0 saturated carbocycles. The second-order valence-corrected chi connectivity index (χ2v) is 6.30. The first-order valence-corrected chi connectivity index (χ1v) is 8.67. The third-order valence-electron chi connectivity index (χ3n) is 2.65. The first-order chi connectivity index (χ1) is 10.6. The van der Waals surface area contributed by atoms with Crippen molar-refractivity contribution >= 4 is 34.1 Å². The van der Waals surface area contributed by atoms with E-state index >= 15 is 0 Å². The second-order valence-electron chi connectivity index (χ2n) is 4.27. The normalized spacial score (nSPS) is 11.9. The van der Waals surface area contributed by atoms with E-state index in [1.165, 1.54) is 23.1 Å². The summed E-state index contributed by atoms with van der Waals surface area (Å²) in [7, 11) is 0. The van der Waals surface area contributed by atoms with Crippen LogP contribution in [0.3, 0.4) is 0 Å². The van der Waals surface area contributed by atoms with E-state index in [2.05, 4.69) is 28.3 Å². The molecule has 1 unspecified atom stereocenters. The molecule has 7 heteroatoms. The topological polar surface area (TPSA) is 77.8 Å². The fourth-order valence-corrected chi connectivity index (χ4v) is 3.18. The van der Waals surface area contributed by atoms with Crippen LogP contribution < -0.4 is 10.6 Å². The van der Waals surface area contributed by atoms with E-state index in [9.17, 15) is 10.1 Å². The van der Waals surface area contributed by atoms with Crippen molar-refractivity contribution in [1.82, 2.24) is 10.3 Å². The molecule has 0 spiro atoms. The number of allylic oxidation sites excluding steroid dienone is 1. The van der Waals surface area contributed by atoms with Crippen LogP contribution in [0.4, 0.5) is 5.13 Å². The van der Waals surface area contributed by atoms with Crippen molar-refractivity contribution in [3.8, 4) is 6.07 Å². The van der Waals surface area contributed by atoms with Crippen LogP contribution >= 0.6 is 23.1 Å². The Morgan fingerprint density at radius 1 is 1.59 bits per heavy atom. The Kier molecular flexibility index (Phi) is 7.71. The average Bonchev–Trinajstić information content (AvgIpc) is 2.93. The first-order valence-electron chi connectivity index (χ1n) is 6.97. The summed E-state index contributed by atoms with van der Waals surface area (Å²) in [5.41, 5.74) is 0.738. The van der Waals surface area contributed by atoms with Crippen LogP contribution in [0, 0.1) is 11.3 Å². The lowest BCUT2D eigenvalue weighted by Crippen LogP contribution is -2.34. The molecule has 1 heterocycles. The highest BCUT2D eigenvalue weighted by Gasteiger charge is 2.21. The molecule has 1 amide bonds. The van der Waals surface area contributed by atoms with E-state index in [0.29, 0.717) is 16.2 Å². The van der Waals surface area contributed by atoms with E-state index in [4.69, 9.17) is 0 Å². The summed E-state index contributed by atoms with van der Waals surface area (Å²) in [4.78, 5) is 17.9. The summed E-state index contributed by atoms with van der Waals surface area (Å²) in [6, 6.07) is 1.33. The predicted molar refractivity (Wildman–Crippen MR) is 94.1 cm³/mol. The second kappa shape index (κ2) is 9.28. The lowest BCUT2D eigenvalue weighted by atomic mass is 10.2. The maximum atomic E-state index is 12.4. The Labute approximate surface area is 139 Å². The minimum Gasteiger partial charge on any atom is -0.362 e. The number of hydrogen-bond donors (Lipinski definition) is 2. The number of aromatic nitrogens is 1. The monoisotopic (exact) mass is 336 g/mol. The van der Waals surface area contributed by atoms with Gasteiger partial charge in [0.05, 0.1) is 11.8 Å². The largest absolute Gasteiger partial charge is 0.362 e.